The summed E-state index contributed by atoms with van der Waals surface area (Å²) >= 11 is 0. The summed E-state index contributed by atoms with van der Waals surface area (Å²) < 4.78 is 6.09. The van der Waals surface area contributed by atoms with E-state index in [0.29, 0.717) is 18.7 Å². The highest BCUT2D eigenvalue weighted by atomic mass is 16.5. The van der Waals surface area contributed by atoms with Crippen molar-refractivity contribution in [2.45, 2.75) is 20.3 Å². The molecule has 1 aliphatic rings. The minimum Gasteiger partial charge on any atom is -0.491 e. The lowest BCUT2D eigenvalue weighted by atomic mass is 10.1. The fraction of sp³-hybridized carbons (Fsp3) is 0.409. The first-order chi connectivity index (χ1) is 14.1. The summed E-state index contributed by atoms with van der Waals surface area (Å²) in [6, 6.07) is 7.88. The molecule has 0 aliphatic carbocycles. The quantitative estimate of drug-likeness (QED) is 0.597. The van der Waals surface area contributed by atoms with E-state index in [4.69, 9.17) is 10.1 Å². The van der Waals surface area contributed by atoms with Crippen LogP contribution in [0.2, 0.25) is 0 Å². The van der Waals surface area contributed by atoms with Gasteiger partial charge in [-0.3, -0.25) is 4.98 Å². The Morgan fingerprint density at radius 3 is 2.72 bits per heavy atom. The molecule has 1 aliphatic heterocycles. The van der Waals surface area contributed by atoms with Crippen LogP contribution in [0.4, 0.5) is 5.82 Å². The molecule has 0 spiro atoms. The van der Waals surface area contributed by atoms with E-state index in [9.17, 15) is 0 Å². The average Bonchev–Trinajstić information content (AvgIpc) is 2.77. The van der Waals surface area contributed by atoms with Gasteiger partial charge >= 0.3 is 0 Å². The van der Waals surface area contributed by atoms with E-state index in [0.717, 1.165) is 60.3 Å². The Balaban J connectivity index is 1.76. The fourth-order valence-corrected chi connectivity index (χ4v) is 3.43. The van der Waals surface area contributed by atoms with Crippen LogP contribution in [0.15, 0.2) is 47.9 Å². The highest BCUT2D eigenvalue weighted by Crippen LogP contribution is 2.29. The molecule has 0 radical (unpaired) electrons. The third-order valence-electron chi connectivity index (χ3n) is 5.12. The molecule has 0 aromatic carbocycles. The second-order valence-corrected chi connectivity index (χ2v) is 7.07. The van der Waals surface area contributed by atoms with E-state index in [2.05, 4.69) is 31.6 Å². The van der Waals surface area contributed by atoms with Gasteiger partial charge in [0.1, 0.15) is 17.3 Å². The molecule has 0 bridgehead atoms. The number of rotatable bonds is 8. The van der Waals surface area contributed by atoms with Crippen molar-refractivity contribution in [3.8, 4) is 17.0 Å². The van der Waals surface area contributed by atoms with E-state index in [-0.39, 0.29) is 0 Å². The van der Waals surface area contributed by atoms with Crippen molar-refractivity contribution >= 4 is 11.5 Å². The molecule has 2 aromatic rings. The van der Waals surface area contributed by atoms with Crippen molar-refractivity contribution in [1.82, 2.24) is 20.6 Å². The van der Waals surface area contributed by atoms with Crippen LogP contribution in [0, 0.1) is 5.41 Å². The predicted molar refractivity (Wildman–Crippen MR) is 118 cm³/mol. The molecule has 154 valence electrons. The van der Waals surface area contributed by atoms with Gasteiger partial charge < -0.3 is 25.7 Å². The fourth-order valence-electron chi connectivity index (χ4n) is 3.43. The lowest BCUT2D eigenvalue weighted by Gasteiger charge is -2.28. The summed E-state index contributed by atoms with van der Waals surface area (Å²) in [5.41, 5.74) is 4.34. The summed E-state index contributed by atoms with van der Waals surface area (Å²) in [6.45, 7) is 8.11. The van der Waals surface area contributed by atoms with Gasteiger partial charge in [0.05, 0.1) is 6.61 Å². The Labute approximate surface area is 172 Å². The highest BCUT2D eigenvalue weighted by molar-refractivity contribution is 5.96. The number of ether oxygens (including phenoxy) is 1. The minimum atomic E-state index is 0.485. The number of piperazine rings is 1. The van der Waals surface area contributed by atoms with Gasteiger partial charge in [0, 0.05) is 69.0 Å². The van der Waals surface area contributed by atoms with Crippen LogP contribution in [0.25, 0.3) is 11.3 Å². The second kappa shape index (κ2) is 10.0. The maximum absolute atomic E-state index is 7.98. The first-order valence-corrected chi connectivity index (χ1v) is 10.0. The molecular formula is C22H30N6O. The number of hydrogen-bond donors (Lipinski definition) is 3. The van der Waals surface area contributed by atoms with Gasteiger partial charge in [-0.1, -0.05) is 0 Å². The zero-order chi connectivity index (χ0) is 20.6. The monoisotopic (exact) mass is 394 g/mol. The van der Waals surface area contributed by atoms with E-state index in [1.807, 2.05) is 38.4 Å². The predicted octanol–water partition coefficient (Wildman–Crippen LogP) is 2.86. The van der Waals surface area contributed by atoms with Crippen molar-refractivity contribution in [2.24, 2.45) is 0 Å². The molecule has 2 aromatic heterocycles. The van der Waals surface area contributed by atoms with Gasteiger partial charge in [-0.05, 0) is 43.7 Å². The van der Waals surface area contributed by atoms with E-state index in [1.54, 1.807) is 13.1 Å². The maximum atomic E-state index is 7.98. The molecule has 3 heterocycles. The smallest absolute Gasteiger partial charge is 0.145 e. The van der Waals surface area contributed by atoms with Crippen molar-refractivity contribution < 1.29 is 4.74 Å². The molecule has 0 unspecified atom stereocenters. The van der Waals surface area contributed by atoms with Crippen LogP contribution in [-0.2, 0) is 0 Å². The number of nitrogens with zero attached hydrogens (tertiary/aromatic N) is 3. The van der Waals surface area contributed by atoms with Crippen molar-refractivity contribution in [1.29, 1.82) is 5.41 Å². The molecule has 7 heteroatoms. The van der Waals surface area contributed by atoms with Crippen LogP contribution in [-0.4, -0.2) is 55.5 Å². The van der Waals surface area contributed by atoms with E-state index >= 15 is 0 Å². The molecule has 29 heavy (non-hydrogen) atoms. The Morgan fingerprint density at radius 2 is 2.00 bits per heavy atom. The second-order valence-electron chi connectivity index (χ2n) is 7.07. The van der Waals surface area contributed by atoms with Crippen molar-refractivity contribution in [2.75, 3.05) is 44.7 Å². The SMILES string of the molecule is CN/C(C)=C(/CCOc1cccnc1-c1ccnc(N2CCNCC2)c1)C(C)=N. The molecule has 3 rings (SSSR count). The summed E-state index contributed by atoms with van der Waals surface area (Å²) in [5.74, 6) is 1.71. The lowest BCUT2D eigenvalue weighted by Crippen LogP contribution is -2.43. The average molecular weight is 395 g/mol. The third-order valence-corrected chi connectivity index (χ3v) is 5.12. The Bertz CT molecular complexity index is 873. The minimum absolute atomic E-state index is 0.485. The highest BCUT2D eigenvalue weighted by Gasteiger charge is 2.15. The summed E-state index contributed by atoms with van der Waals surface area (Å²) in [6.07, 6.45) is 4.28. The topological polar surface area (TPSA) is 86.2 Å². The normalized spacial score (nSPS) is 14.9. The van der Waals surface area contributed by atoms with Crippen LogP contribution >= 0.6 is 0 Å². The molecule has 1 saturated heterocycles. The van der Waals surface area contributed by atoms with Gasteiger partial charge in [-0.25, -0.2) is 4.98 Å². The van der Waals surface area contributed by atoms with Crippen molar-refractivity contribution in [3.05, 3.63) is 47.9 Å². The maximum Gasteiger partial charge on any atom is 0.145 e. The molecule has 7 nitrogen and oxygen atoms in total. The standard InChI is InChI=1S/C22H30N6O/c1-16(23)19(17(2)24-3)7-14-29-20-5-4-8-27-22(20)18-6-9-26-21(15-18)28-12-10-25-11-13-28/h4-6,8-9,15,23-25H,7,10-14H2,1-3H3/b19-17-,23-16?. The Morgan fingerprint density at radius 1 is 1.21 bits per heavy atom. The number of nitrogens with one attached hydrogen (secondary N) is 3. The van der Waals surface area contributed by atoms with Crippen molar-refractivity contribution in [3.63, 3.8) is 0 Å². The number of pyridine rings is 2. The zero-order valence-electron chi connectivity index (χ0n) is 17.5. The van der Waals surface area contributed by atoms with Gasteiger partial charge in [0.15, 0.2) is 0 Å². The van der Waals surface area contributed by atoms with Gasteiger partial charge in [0.2, 0.25) is 0 Å². The molecular weight excluding hydrogens is 364 g/mol. The Kier molecular flexibility index (Phi) is 7.19. The zero-order valence-corrected chi connectivity index (χ0v) is 17.5. The summed E-state index contributed by atoms with van der Waals surface area (Å²) in [7, 11) is 1.87. The first kappa shape index (κ1) is 20.8. The molecule has 0 amide bonds. The Hall–Kier alpha value is -2.93. The van der Waals surface area contributed by atoms with Crippen LogP contribution in [0.1, 0.15) is 20.3 Å². The molecule has 0 saturated carbocycles. The molecule has 3 N–H and O–H groups in total. The molecule has 1 fully saturated rings. The first-order valence-electron chi connectivity index (χ1n) is 10.0. The summed E-state index contributed by atoms with van der Waals surface area (Å²) in [5, 5.41) is 14.5. The number of aromatic nitrogens is 2. The third kappa shape index (κ3) is 5.32. The largest absolute Gasteiger partial charge is 0.491 e. The lowest BCUT2D eigenvalue weighted by molar-refractivity contribution is 0.323. The van der Waals surface area contributed by atoms with Gasteiger partial charge in [-0.2, -0.15) is 0 Å². The molecule has 0 atom stereocenters. The number of allylic oxidation sites excluding steroid dienone is 1. The van der Waals surface area contributed by atoms with Crippen LogP contribution < -0.4 is 20.3 Å². The van der Waals surface area contributed by atoms with Crippen LogP contribution in [0.5, 0.6) is 5.75 Å². The van der Waals surface area contributed by atoms with Gasteiger partial charge in [-0.15, -0.1) is 0 Å². The van der Waals surface area contributed by atoms with E-state index < -0.39 is 0 Å². The van der Waals surface area contributed by atoms with E-state index in [1.165, 1.54) is 0 Å². The number of anilines is 1. The number of hydrogen-bond acceptors (Lipinski definition) is 7. The summed E-state index contributed by atoms with van der Waals surface area (Å²) in [4.78, 5) is 11.4. The van der Waals surface area contributed by atoms with Crippen LogP contribution in [0.3, 0.4) is 0 Å². The van der Waals surface area contributed by atoms with Gasteiger partial charge in [0.25, 0.3) is 0 Å².